The molecule has 1 aromatic heterocycles. The van der Waals surface area contributed by atoms with Crippen molar-refractivity contribution in [1.29, 1.82) is 0 Å². The maximum atomic E-state index is 12.0. The average molecular weight is 360 g/mol. The predicted molar refractivity (Wildman–Crippen MR) is 96.9 cm³/mol. The molecule has 25 heavy (non-hydrogen) atoms. The Balaban J connectivity index is 1.88. The minimum atomic E-state index is -0.613. The minimum Gasteiger partial charge on any atom is -0.452 e. The topological polar surface area (TPSA) is 84.5 Å². The van der Waals surface area contributed by atoms with E-state index in [4.69, 9.17) is 4.74 Å². The second kappa shape index (κ2) is 9.58. The Labute approximate surface area is 150 Å². The summed E-state index contributed by atoms with van der Waals surface area (Å²) in [6.07, 6.45) is 1.86. The van der Waals surface area contributed by atoms with Gasteiger partial charge in [-0.1, -0.05) is 25.5 Å². The van der Waals surface area contributed by atoms with Crippen molar-refractivity contribution in [3.63, 3.8) is 0 Å². The van der Waals surface area contributed by atoms with Crippen LogP contribution < -0.4 is 10.6 Å². The summed E-state index contributed by atoms with van der Waals surface area (Å²) in [5, 5.41) is 7.21. The van der Waals surface area contributed by atoms with Crippen LogP contribution in [0.3, 0.4) is 0 Å². The molecule has 0 aliphatic rings. The van der Waals surface area contributed by atoms with E-state index in [9.17, 15) is 14.4 Å². The molecule has 0 saturated carbocycles. The first-order chi connectivity index (χ1) is 12.1. The first-order valence-electron chi connectivity index (χ1n) is 7.99. The Hall–Kier alpha value is -2.67. The Kier molecular flexibility index (Phi) is 7.16. The predicted octanol–water partition coefficient (Wildman–Crippen LogP) is 3.07. The van der Waals surface area contributed by atoms with Gasteiger partial charge in [-0.25, -0.2) is 4.79 Å². The molecule has 7 heteroatoms. The highest BCUT2D eigenvalue weighted by atomic mass is 32.1. The number of anilines is 1. The smallest absolute Gasteiger partial charge is 0.338 e. The van der Waals surface area contributed by atoms with Crippen molar-refractivity contribution in [3.05, 3.63) is 52.2 Å². The zero-order valence-electron chi connectivity index (χ0n) is 13.9. The second-order valence-electron chi connectivity index (χ2n) is 5.29. The van der Waals surface area contributed by atoms with Gasteiger partial charge in [-0.15, -0.1) is 11.3 Å². The van der Waals surface area contributed by atoms with E-state index in [1.54, 1.807) is 30.3 Å². The molecule has 0 spiro atoms. The number of nitrogens with one attached hydrogen (secondary N) is 2. The van der Waals surface area contributed by atoms with Crippen molar-refractivity contribution in [3.8, 4) is 0 Å². The molecule has 6 nitrogen and oxygen atoms in total. The number of unbranched alkanes of at least 4 members (excludes halogenated alkanes) is 1. The molecular formula is C18H20N2O4S. The number of hydrogen-bond acceptors (Lipinski definition) is 5. The summed E-state index contributed by atoms with van der Waals surface area (Å²) < 4.78 is 4.99. The van der Waals surface area contributed by atoms with E-state index >= 15 is 0 Å². The quantitative estimate of drug-likeness (QED) is 0.560. The van der Waals surface area contributed by atoms with Gasteiger partial charge in [0.25, 0.3) is 11.8 Å². The normalized spacial score (nSPS) is 10.1. The summed E-state index contributed by atoms with van der Waals surface area (Å²) in [6.45, 7) is 2.27. The van der Waals surface area contributed by atoms with Gasteiger partial charge >= 0.3 is 5.97 Å². The Morgan fingerprint density at radius 1 is 1.16 bits per heavy atom. The molecule has 0 radical (unpaired) electrons. The fourth-order valence-corrected chi connectivity index (χ4v) is 2.61. The van der Waals surface area contributed by atoms with Gasteiger partial charge < -0.3 is 15.4 Å². The molecule has 0 aliphatic heterocycles. The van der Waals surface area contributed by atoms with Crippen LogP contribution in [0, 0.1) is 0 Å². The highest BCUT2D eigenvalue weighted by Gasteiger charge is 2.12. The summed E-state index contributed by atoms with van der Waals surface area (Å²) in [5.74, 6) is -1.18. The fraction of sp³-hybridized carbons (Fsp3) is 0.278. The maximum absolute atomic E-state index is 12.0. The first kappa shape index (κ1) is 18.7. The lowest BCUT2D eigenvalue weighted by Crippen LogP contribution is -2.29. The third kappa shape index (κ3) is 6.04. The van der Waals surface area contributed by atoms with Crippen LogP contribution in [0.2, 0.25) is 0 Å². The lowest BCUT2D eigenvalue weighted by Gasteiger charge is -2.08. The Bertz CT molecular complexity index is 728. The average Bonchev–Trinajstić information content (AvgIpc) is 3.15. The molecule has 2 N–H and O–H groups in total. The second-order valence-corrected chi connectivity index (χ2v) is 6.24. The lowest BCUT2D eigenvalue weighted by atomic mass is 10.2. The molecule has 0 saturated heterocycles. The van der Waals surface area contributed by atoms with Crippen molar-refractivity contribution in [1.82, 2.24) is 5.32 Å². The molecule has 0 aliphatic carbocycles. The molecule has 2 rings (SSSR count). The molecule has 1 heterocycles. The van der Waals surface area contributed by atoms with Crippen LogP contribution in [-0.4, -0.2) is 30.9 Å². The molecule has 0 fully saturated rings. The largest absolute Gasteiger partial charge is 0.452 e. The van der Waals surface area contributed by atoms with E-state index in [-0.39, 0.29) is 24.0 Å². The zero-order chi connectivity index (χ0) is 18.1. The van der Waals surface area contributed by atoms with Crippen LogP contribution in [0.4, 0.5) is 5.69 Å². The number of benzene rings is 1. The molecule has 1 aromatic carbocycles. The van der Waals surface area contributed by atoms with Crippen LogP contribution >= 0.6 is 11.3 Å². The van der Waals surface area contributed by atoms with Gasteiger partial charge in [-0.3, -0.25) is 9.59 Å². The van der Waals surface area contributed by atoms with Crippen molar-refractivity contribution in [2.45, 2.75) is 19.8 Å². The number of amides is 2. The van der Waals surface area contributed by atoms with Crippen molar-refractivity contribution >= 4 is 34.8 Å². The SMILES string of the molecule is CCCCNC(=O)COC(=O)c1cccc(NC(=O)c2cccs2)c1. The molecule has 0 atom stereocenters. The Morgan fingerprint density at radius 2 is 2.00 bits per heavy atom. The van der Waals surface area contributed by atoms with Crippen LogP contribution in [0.5, 0.6) is 0 Å². The van der Waals surface area contributed by atoms with Gasteiger partial charge in [0.1, 0.15) is 0 Å². The third-order valence-electron chi connectivity index (χ3n) is 3.29. The molecule has 2 aromatic rings. The number of carbonyl (C=O) groups excluding carboxylic acids is 3. The van der Waals surface area contributed by atoms with Gasteiger partial charge in [-0.05, 0) is 36.1 Å². The van der Waals surface area contributed by atoms with E-state index in [1.807, 2.05) is 12.3 Å². The summed E-state index contributed by atoms with van der Waals surface area (Å²) in [6, 6.07) is 9.91. The number of ether oxygens (including phenoxy) is 1. The fourth-order valence-electron chi connectivity index (χ4n) is 1.99. The zero-order valence-corrected chi connectivity index (χ0v) is 14.7. The van der Waals surface area contributed by atoms with Crippen LogP contribution in [0.15, 0.2) is 41.8 Å². The standard InChI is InChI=1S/C18H20N2O4S/c1-2-3-9-19-16(21)12-24-18(23)13-6-4-7-14(11-13)20-17(22)15-8-5-10-25-15/h4-8,10-11H,2-3,9,12H2,1H3,(H,19,21)(H,20,22). The molecule has 0 bridgehead atoms. The van der Waals surface area contributed by atoms with E-state index in [2.05, 4.69) is 10.6 Å². The van der Waals surface area contributed by atoms with Crippen LogP contribution in [0.25, 0.3) is 0 Å². The Morgan fingerprint density at radius 3 is 2.72 bits per heavy atom. The van der Waals surface area contributed by atoms with Gasteiger partial charge in [-0.2, -0.15) is 0 Å². The van der Waals surface area contributed by atoms with E-state index in [0.29, 0.717) is 17.1 Å². The van der Waals surface area contributed by atoms with Gasteiger partial charge in [0.2, 0.25) is 0 Å². The monoisotopic (exact) mass is 360 g/mol. The summed E-state index contributed by atoms with van der Waals surface area (Å²) in [5.41, 5.74) is 0.755. The van der Waals surface area contributed by atoms with Gasteiger partial charge in [0.05, 0.1) is 10.4 Å². The highest BCUT2D eigenvalue weighted by Crippen LogP contribution is 2.15. The molecule has 0 unspecified atom stereocenters. The van der Waals surface area contributed by atoms with Crippen molar-refractivity contribution in [2.75, 3.05) is 18.5 Å². The first-order valence-corrected chi connectivity index (χ1v) is 8.87. The van der Waals surface area contributed by atoms with E-state index in [0.717, 1.165) is 12.8 Å². The summed E-state index contributed by atoms with van der Waals surface area (Å²) >= 11 is 1.33. The van der Waals surface area contributed by atoms with E-state index in [1.165, 1.54) is 17.4 Å². The number of rotatable bonds is 8. The van der Waals surface area contributed by atoms with Gasteiger partial charge in [0.15, 0.2) is 6.61 Å². The maximum Gasteiger partial charge on any atom is 0.338 e. The number of hydrogen-bond donors (Lipinski definition) is 2. The lowest BCUT2D eigenvalue weighted by molar-refractivity contribution is -0.124. The molecular weight excluding hydrogens is 340 g/mol. The van der Waals surface area contributed by atoms with Crippen LogP contribution in [0.1, 0.15) is 39.8 Å². The minimum absolute atomic E-state index is 0.240. The summed E-state index contributed by atoms with van der Waals surface area (Å²) in [4.78, 5) is 36.2. The third-order valence-corrected chi connectivity index (χ3v) is 4.16. The highest BCUT2D eigenvalue weighted by molar-refractivity contribution is 7.12. The number of thiophene rings is 1. The molecule has 2 amide bonds. The molecule has 132 valence electrons. The number of esters is 1. The van der Waals surface area contributed by atoms with Crippen LogP contribution in [-0.2, 0) is 9.53 Å². The van der Waals surface area contributed by atoms with Crippen molar-refractivity contribution < 1.29 is 19.1 Å². The summed E-state index contributed by atoms with van der Waals surface area (Å²) in [7, 11) is 0. The number of carbonyl (C=O) groups is 3. The van der Waals surface area contributed by atoms with Gasteiger partial charge in [0, 0.05) is 12.2 Å². The van der Waals surface area contributed by atoms with Crippen molar-refractivity contribution in [2.24, 2.45) is 0 Å². The van der Waals surface area contributed by atoms with E-state index < -0.39 is 5.97 Å².